The molecule has 0 aliphatic heterocycles. The van der Waals surface area contributed by atoms with Crippen LogP contribution in [0, 0.1) is 34.5 Å². The predicted octanol–water partition coefficient (Wildman–Crippen LogP) is 2.68. The van der Waals surface area contributed by atoms with Gasteiger partial charge >= 0.3 is 0 Å². The van der Waals surface area contributed by atoms with E-state index in [9.17, 15) is 20.1 Å². The van der Waals surface area contributed by atoms with Crippen molar-refractivity contribution in [3.8, 4) is 0 Å². The first kappa shape index (κ1) is 17.9. The van der Waals surface area contributed by atoms with Gasteiger partial charge in [-0.05, 0) is 75.0 Å². The second-order valence-corrected chi connectivity index (χ2v) is 10.2. The lowest BCUT2D eigenvalue weighted by Gasteiger charge is -2.60. The molecule has 0 bridgehead atoms. The van der Waals surface area contributed by atoms with Crippen molar-refractivity contribution < 1.29 is 20.1 Å². The predicted molar refractivity (Wildman–Crippen MR) is 94.8 cm³/mol. The van der Waals surface area contributed by atoms with E-state index >= 15 is 0 Å². The third-order valence-electron chi connectivity index (χ3n) is 9.23. The van der Waals surface area contributed by atoms with Gasteiger partial charge in [0.25, 0.3) is 0 Å². The first-order valence-electron chi connectivity index (χ1n) is 10.2. The Hall–Kier alpha value is -0.450. The van der Waals surface area contributed by atoms with Crippen molar-refractivity contribution in [3.05, 3.63) is 0 Å². The number of rotatable bonds is 1. The van der Waals surface area contributed by atoms with Crippen molar-refractivity contribution in [2.45, 2.75) is 89.9 Å². The maximum absolute atomic E-state index is 13.4. The second kappa shape index (κ2) is 5.53. The average Bonchev–Trinajstić information content (AvgIpc) is 2.80. The number of fused-ring (bicyclic) bond motifs is 5. The lowest BCUT2D eigenvalue weighted by atomic mass is 9.44. The van der Waals surface area contributed by atoms with Crippen molar-refractivity contribution in [3.63, 3.8) is 0 Å². The molecule has 0 spiro atoms. The zero-order chi connectivity index (χ0) is 18.2. The summed E-state index contributed by atoms with van der Waals surface area (Å²) in [4.78, 5) is 13.4. The van der Waals surface area contributed by atoms with Crippen molar-refractivity contribution in [2.75, 3.05) is 0 Å². The van der Waals surface area contributed by atoms with Crippen LogP contribution in [-0.2, 0) is 4.79 Å². The molecule has 9 atom stereocenters. The number of aliphatic hydroxyl groups is 3. The number of hydrogen-bond donors (Lipinski definition) is 3. The maximum Gasteiger partial charge on any atom is 0.137 e. The molecule has 4 fully saturated rings. The highest BCUT2D eigenvalue weighted by Gasteiger charge is 2.68. The van der Waals surface area contributed by atoms with Gasteiger partial charge in [0.15, 0.2) is 0 Å². The number of carbonyl (C=O) groups excluding carboxylic acids is 1. The van der Waals surface area contributed by atoms with E-state index in [1.807, 2.05) is 6.92 Å². The number of hydrogen-bond acceptors (Lipinski definition) is 4. The summed E-state index contributed by atoms with van der Waals surface area (Å²) in [7, 11) is 0. The normalized spacial score (nSPS) is 56.7. The summed E-state index contributed by atoms with van der Waals surface area (Å²) < 4.78 is 0. The van der Waals surface area contributed by atoms with Crippen LogP contribution in [0.1, 0.15) is 72.1 Å². The van der Waals surface area contributed by atoms with Gasteiger partial charge in [0, 0.05) is 17.8 Å². The van der Waals surface area contributed by atoms with Crippen LogP contribution in [0.15, 0.2) is 0 Å². The summed E-state index contributed by atoms with van der Waals surface area (Å²) in [5.41, 5.74) is -1.64. The molecule has 0 heterocycles. The largest absolute Gasteiger partial charge is 0.393 e. The van der Waals surface area contributed by atoms with Crippen LogP contribution in [0.25, 0.3) is 0 Å². The van der Waals surface area contributed by atoms with E-state index in [-0.39, 0.29) is 17.4 Å². The Morgan fingerprint density at radius 2 is 1.84 bits per heavy atom. The molecule has 0 amide bonds. The summed E-state index contributed by atoms with van der Waals surface area (Å²) in [6.45, 7) is 6.01. The van der Waals surface area contributed by atoms with Gasteiger partial charge in [-0.25, -0.2) is 0 Å². The molecular formula is C21H34O4. The van der Waals surface area contributed by atoms with Gasteiger partial charge in [-0.2, -0.15) is 0 Å². The Morgan fingerprint density at radius 1 is 1.12 bits per heavy atom. The van der Waals surface area contributed by atoms with E-state index in [0.29, 0.717) is 36.4 Å². The summed E-state index contributed by atoms with van der Waals surface area (Å²) >= 11 is 0. The Bertz CT molecular complexity index is 574. The van der Waals surface area contributed by atoms with Gasteiger partial charge in [0.05, 0.1) is 17.8 Å². The molecule has 0 aromatic heterocycles. The van der Waals surface area contributed by atoms with Gasteiger partial charge < -0.3 is 15.3 Å². The highest BCUT2D eigenvalue weighted by molar-refractivity contribution is 5.84. The lowest BCUT2D eigenvalue weighted by molar-refractivity contribution is -0.190. The molecule has 4 nitrogen and oxygen atoms in total. The van der Waals surface area contributed by atoms with Gasteiger partial charge in [0.2, 0.25) is 0 Å². The molecule has 4 heteroatoms. The first-order valence-corrected chi connectivity index (χ1v) is 10.2. The Kier molecular flexibility index (Phi) is 3.97. The van der Waals surface area contributed by atoms with Crippen molar-refractivity contribution in [2.24, 2.45) is 34.5 Å². The highest BCUT2D eigenvalue weighted by Crippen LogP contribution is 2.67. The SMILES string of the molecule is C[C@H](O)[C@@]1(O)CC[C@@H]2[C@@H]3CC[C@@H]4C[C@@H](O)CC[C@]4(C)[C@H]3C(=O)C[C@@]21C. The number of Topliss-reactive ketones (excluding diaryl/α,β-unsaturated/α-hetero) is 1. The maximum atomic E-state index is 13.4. The standard InChI is InChI=1S/C21H34O4/c1-12(22)21(25)9-7-16-15-5-4-13-10-14(23)6-8-19(13,2)18(15)17(24)11-20(16,21)3/h12-16,18,22-23,25H,4-11H2,1-3H3/t12-,13+,14-,15-,16+,18+,19-,20-,21-/m0/s1. The Morgan fingerprint density at radius 3 is 2.52 bits per heavy atom. The smallest absolute Gasteiger partial charge is 0.137 e. The van der Waals surface area contributed by atoms with Crippen molar-refractivity contribution in [1.29, 1.82) is 0 Å². The fourth-order valence-electron chi connectivity index (χ4n) is 7.77. The summed E-state index contributed by atoms with van der Waals surface area (Å²) in [6.07, 6.45) is 5.60. The zero-order valence-corrected chi connectivity index (χ0v) is 15.9. The molecule has 0 aromatic carbocycles. The van der Waals surface area contributed by atoms with Crippen LogP contribution in [0.2, 0.25) is 0 Å². The van der Waals surface area contributed by atoms with Crippen molar-refractivity contribution in [1.82, 2.24) is 0 Å². The molecular weight excluding hydrogens is 316 g/mol. The quantitative estimate of drug-likeness (QED) is 0.679. The topological polar surface area (TPSA) is 77.8 Å². The monoisotopic (exact) mass is 350 g/mol. The van der Waals surface area contributed by atoms with Gasteiger partial charge in [0.1, 0.15) is 5.78 Å². The molecule has 25 heavy (non-hydrogen) atoms. The first-order chi connectivity index (χ1) is 11.6. The molecule has 4 aliphatic rings. The van der Waals surface area contributed by atoms with Crippen LogP contribution in [0.5, 0.6) is 0 Å². The molecule has 142 valence electrons. The minimum absolute atomic E-state index is 0.00605. The Labute approximate surface area is 151 Å². The van der Waals surface area contributed by atoms with E-state index in [2.05, 4.69) is 6.92 Å². The molecule has 4 aliphatic carbocycles. The van der Waals surface area contributed by atoms with E-state index < -0.39 is 17.1 Å². The van der Waals surface area contributed by atoms with E-state index in [0.717, 1.165) is 38.5 Å². The average molecular weight is 350 g/mol. The molecule has 4 rings (SSSR count). The van der Waals surface area contributed by atoms with Gasteiger partial charge in [-0.1, -0.05) is 13.8 Å². The van der Waals surface area contributed by atoms with E-state index in [1.165, 1.54) is 0 Å². The fourth-order valence-corrected chi connectivity index (χ4v) is 7.77. The number of ketones is 1. The molecule has 4 saturated carbocycles. The summed E-state index contributed by atoms with van der Waals surface area (Å²) in [6, 6.07) is 0. The number of aliphatic hydroxyl groups excluding tert-OH is 2. The third-order valence-corrected chi connectivity index (χ3v) is 9.23. The molecule has 0 radical (unpaired) electrons. The van der Waals surface area contributed by atoms with E-state index in [4.69, 9.17) is 0 Å². The molecule has 3 N–H and O–H groups in total. The molecule has 0 unspecified atom stereocenters. The third kappa shape index (κ3) is 2.20. The molecule has 0 aromatic rings. The lowest BCUT2D eigenvalue weighted by Crippen LogP contribution is -2.62. The van der Waals surface area contributed by atoms with Crippen LogP contribution < -0.4 is 0 Å². The second-order valence-electron chi connectivity index (χ2n) is 10.2. The van der Waals surface area contributed by atoms with Crippen LogP contribution in [0.3, 0.4) is 0 Å². The summed E-state index contributed by atoms with van der Waals surface area (Å²) in [5, 5.41) is 31.6. The molecule has 0 saturated heterocycles. The van der Waals surface area contributed by atoms with Gasteiger partial charge in [-0.3, -0.25) is 4.79 Å². The van der Waals surface area contributed by atoms with Crippen LogP contribution >= 0.6 is 0 Å². The zero-order valence-electron chi connectivity index (χ0n) is 15.9. The van der Waals surface area contributed by atoms with Gasteiger partial charge in [-0.15, -0.1) is 0 Å². The van der Waals surface area contributed by atoms with Crippen LogP contribution in [0.4, 0.5) is 0 Å². The van der Waals surface area contributed by atoms with Crippen LogP contribution in [-0.4, -0.2) is 38.9 Å². The minimum atomic E-state index is -1.14. The van der Waals surface area contributed by atoms with Crippen molar-refractivity contribution >= 4 is 5.78 Å². The minimum Gasteiger partial charge on any atom is -0.393 e. The van der Waals surface area contributed by atoms with E-state index in [1.54, 1.807) is 6.92 Å². The number of carbonyl (C=O) groups is 1. The Balaban J connectivity index is 1.70. The fraction of sp³-hybridized carbons (Fsp3) is 0.952. The highest BCUT2D eigenvalue weighted by atomic mass is 16.3. The summed E-state index contributed by atoms with van der Waals surface area (Å²) in [5.74, 6) is 1.47.